The van der Waals surface area contributed by atoms with Gasteiger partial charge in [-0.15, -0.1) is 0 Å². The highest BCUT2D eigenvalue weighted by molar-refractivity contribution is 7.98. The number of nitrogens with one attached hydrogen (secondary N) is 1. The lowest BCUT2D eigenvalue weighted by Gasteiger charge is -2.26. The minimum Gasteiger partial charge on any atom is -0.495 e. The molecule has 3 rings (SSSR count). The van der Waals surface area contributed by atoms with Crippen LogP contribution in [0.1, 0.15) is 23.1 Å². The molecule has 0 heterocycles. The number of rotatable bonds is 12. The fourth-order valence-electron chi connectivity index (χ4n) is 3.56. The van der Waals surface area contributed by atoms with E-state index in [1.54, 1.807) is 30.3 Å². The van der Waals surface area contributed by atoms with Crippen LogP contribution in [0.4, 0.5) is 5.69 Å². The van der Waals surface area contributed by atoms with E-state index in [1.165, 1.54) is 30.4 Å². The second kappa shape index (κ2) is 12.7. The van der Waals surface area contributed by atoms with Gasteiger partial charge in [-0.05, 0) is 67.0 Å². The summed E-state index contributed by atoms with van der Waals surface area (Å²) in [6, 6.07) is 21.7. The number of nitrogens with zero attached hydrogens (tertiary/aromatic N) is 1. The molecule has 35 heavy (non-hydrogen) atoms. The molecule has 0 spiro atoms. The van der Waals surface area contributed by atoms with Crippen molar-refractivity contribution in [1.29, 1.82) is 0 Å². The molecule has 0 aromatic heterocycles. The van der Waals surface area contributed by atoms with Gasteiger partial charge in [0.2, 0.25) is 5.91 Å². The van der Waals surface area contributed by atoms with Gasteiger partial charge in [0.25, 0.3) is 10.0 Å². The van der Waals surface area contributed by atoms with E-state index in [0.29, 0.717) is 18.0 Å². The zero-order valence-electron chi connectivity index (χ0n) is 20.4. The smallest absolute Gasteiger partial charge is 0.264 e. The molecule has 3 aromatic carbocycles. The Labute approximate surface area is 212 Å². The lowest BCUT2D eigenvalue weighted by atomic mass is 10.1. The first-order valence-corrected chi connectivity index (χ1v) is 14.0. The molecule has 0 aliphatic carbocycles. The fourth-order valence-corrected chi connectivity index (χ4v) is 6.04. The number of hydrogen-bond acceptors (Lipinski definition) is 5. The van der Waals surface area contributed by atoms with E-state index in [9.17, 15) is 13.2 Å². The number of anilines is 1. The van der Waals surface area contributed by atoms with Crippen LogP contribution in [0.5, 0.6) is 5.75 Å². The topological polar surface area (TPSA) is 75.7 Å². The summed E-state index contributed by atoms with van der Waals surface area (Å²) in [6.45, 7) is 4.11. The average Bonchev–Trinajstić information content (AvgIpc) is 2.86. The summed E-state index contributed by atoms with van der Waals surface area (Å²) in [6.07, 6.45) is 0.793. The Morgan fingerprint density at radius 3 is 2.43 bits per heavy atom. The van der Waals surface area contributed by atoms with Gasteiger partial charge in [0, 0.05) is 12.3 Å². The van der Waals surface area contributed by atoms with Gasteiger partial charge in [-0.25, -0.2) is 8.42 Å². The number of carbonyl (C=O) groups is 1. The molecule has 1 amide bonds. The minimum atomic E-state index is -3.98. The maximum Gasteiger partial charge on any atom is 0.264 e. The Morgan fingerprint density at radius 1 is 1.00 bits per heavy atom. The molecule has 3 aromatic rings. The molecule has 0 unspecified atom stereocenters. The Kier molecular flexibility index (Phi) is 9.63. The molecular formula is C27H32N2O4S2. The standard InChI is InChI=1S/C27H32N2O4S2/c1-21-14-15-26(33-3)25(18-21)29(35(31,32)24-12-5-4-6-13-24)19-27(30)28-16-9-17-34-20-23-11-8-7-10-22(23)2/h4-8,10-15,18H,9,16-17,19-20H2,1-3H3,(H,28,30). The summed E-state index contributed by atoms with van der Waals surface area (Å²) in [4.78, 5) is 12.9. The van der Waals surface area contributed by atoms with Crippen molar-refractivity contribution >= 4 is 33.4 Å². The third kappa shape index (κ3) is 7.26. The van der Waals surface area contributed by atoms with E-state index in [-0.39, 0.29) is 17.3 Å². The van der Waals surface area contributed by atoms with Crippen molar-refractivity contribution < 1.29 is 17.9 Å². The molecule has 0 atom stereocenters. The van der Waals surface area contributed by atoms with Gasteiger partial charge in [0.15, 0.2) is 0 Å². The molecule has 0 aliphatic rings. The van der Waals surface area contributed by atoms with E-state index in [1.807, 2.05) is 36.9 Å². The van der Waals surface area contributed by atoms with Crippen molar-refractivity contribution in [2.24, 2.45) is 0 Å². The molecule has 6 nitrogen and oxygen atoms in total. The Hall–Kier alpha value is -2.97. The van der Waals surface area contributed by atoms with Crippen LogP contribution in [0, 0.1) is 13.8 Å². The average molecular weight is 513 g/mol. The zero-order chi connectivity index (χ0) is 25.3. The quantitative estimate of drug-likeness (QED) is 0.348. The number of methoxy groups -OCH3 is 1. The summed E-state index contributed by atoms with van der Waals surface area (Å²) in [5.74, 6) is 1.84. The first-order valence-electron chi connectivity index (χ1n) is 11.4. The highest BCUT2D eigenvalue weighted by Gasteiger charge is 2.29. The molecule has 1 N–H and O–H groups in total. The lowest BCUT2D eigenvalue weighted by molar-refractivity contribution is -0.119. The van der Waals surface area contributed by atoms with Crippen molar-refractivity contribution in [2.75, 3.05) is 30.3 Å². The summed E-state index contributed by atoms with van der Waals surface area (Å²) >= 11 is 1.82. The maximum absolute atomic E-state index is 13.5. The van der Waals surface area contributed by atoms with Gasteiger partial charge in [0.05, 0.1) is 17.7 Å². The molecule has 186 valence electrons. The predicted molar refractivity (Wildman–Crippen MR) is 144 cm³/mol. The van der Waals surface area contributed by atoms with Crippen LogP contribution >= 0.6 is 11.8 Å². The second-order valence-electron chi connectivity index (χ2n) is 8.18. The number of hydrogen-bond donors (Lipinski definition) is 1. The van der Waals surface area contributed by atoms with E-state index >= 15 is 0 Å². The van der Waals surface area contributed by atoms with Gasteiger partial charge in [-0.2, -0.15) is 11.8 Å². The van der Waals surface area contributed by atoms with Gasteiger partial charge in [-0.1, -0.05) is 48.5 Å². The van der Waals surface area contributed by atoms with Crippen LogP contribution in [0.25, 0.3) is 0 Å². The summed E-state index contributed by atoms with van der Waals surface area (Å²) < 4.78 is 33.6. The van der Waals surface area contributed by atoms with Crippen LogP contribution in [0.2, 0.25) is 0 Å². The molecule has 0 fully saturated rings. The van der Waals surface area contributed by atoms with Crippen molar-refractivity contribution in [1.82, 2.24) is 5.32 Å². The summed E-state index contributed by atoms with van der Waals surface area (Å²) in [5, 5.41) is 2.87. The van der Waals surface area contributed by atoms with Gasteiger partial charge in [-0.3, -0.25) is 9.10 Å². The number of thioether (sulfide) groups is 1. The largest absolute Gasteiger partial charge is 0.495 e. The van der Waals surface area contributed by atoms with Gasteiger partial charge < -0.3 is 10.1 Å². The van der Waals surface area contributed by atoms with Gasteiger partial charge >= 0.3 is 0 Å². The Morgan fingerprint density at radius 2 is 1.71 bits per heavy atom. The van der Waals surface area contributed by atoms with Crippen molar-refractivity contribution in [3.63, 3.8) is 0 Å². The molecule has 0 saturated carbocycles. The summed E-state index contributed by atoms with van der Waals surface area (Å²) in [5.41, 5.74) is 3.79. The van der Waals surface area contributed by atoms with E-state index in [2.05, 4.69) is 24.4 Å². The van der Waals surface area contributed by atoms with E-state index in [4.69, 9.17) is 4.74 Å². The first kappa shape index (κ1) is 26.6. The van der Waals surface area contributed by atoms with Crippen LogP contribution in [0.3, 0.4) is 0 Å². The number of aryl methyl sites for hydroxylation is 2. The lowest BCUT2D eigenvalue weighted by Crippen LogP contribution is -2.41. The third-order valence-electron chi connectivity index (χ3n) is 5.53. The first-order chi connectivity index (χ1) is 16.8. The second-order valence-corrected chi connectivity index (χ2v) is 11.2. The molecule has 8 heteroatoms. The number of benzene rings is 3. The van der Waals surface area contributed by atoms with Crippen LogP contribution < -0.4 is 14.4 Å². The fraction of sp³-hybridized carbons (Fsp3) is 0.296. The Bertz CT molecular complexity index is 1230. The maximum atomic E-state index is 13.5. The normalized spacial score (nSPS) is 11.2. The molecule has 0 bridgehead atoms. The number of ether oxygens (including phenoxy) is 1. The van der Waals surface area contributed by atoms with E-state index < -0.39 is 10.0 Å². The molecule has 0 radical (unpaired) electrons. The van der Waals surface area contributed by atoms with E-state index in [0.717, 1.165) is 27.8 Å². The van der Waals surface area contributed by atoms with Gasteiger partial charge in [0.1, 0.15) is 12.3 Å². The Balaban J connectivity index is 1.65. The zero-order valence-corrected chi connectivity index (χ0v) is 22.0. The van der Waals surface area contributed by atoms with Crippen molar-refractivity contribution in [3.05, 3.63) is 89.5 Å². The SMILES string of the molecule is COc1ccc(C)cc1N(CC(=O)NCCCSCc1ccccc1C)S(=O)(=O)c1ccccc1. The molecule has 0 saturated heterocycles. The number of sulfonamides is 1. The third-order valence-corrected chi connectivity index (χ3v) is 8.39. The predicted octanol–water partition coefficient (Wildman–Crippen LogP) is 4.95. The van der Waals surface area contributed by atoms with Crippen LogP contribution in [-0.2, 0) is 20.6 Å². The van der Waals surface area contributed by atoms with Crippen molar-refractivity contribution in [2.45, 2.75) is 30.9 Å². The highest BCUT2D eigenvalue weighted by atomic mass is 32.2. The minimum absolute atomic E-state index is 0.115. The number of amides is 1. The van der Waals surface area contributed by atoms with Crippen LogP contribution in [0.15, 0.2) is 77.7 Å². The number of carbonyl (C=O) groups excluding carboxylic acids is 1. The molecular weight excluding hydrogens is 480 g/mol. The monoisotopic (exact) mass is 512 g/mol. The van der Waals surface area contributed by atoms with Crippen LogP contribution in [-0.4, -0.2) is 40.3 Å². The van der Waals surface area contributed by atoms with Crippen molar-refractivity contribution in [3.8, 4) is 5.75 Å². The summed E-state index contributed by atoms with van der Waals surface area (Å²) in [7, 11) is -2.50. The molecule has 0 aliphatic heterocycles. The highest BCUT2D eigenvalue weighted by Crippen LogP contribution is 2.33.